The van der Waals surface area contributed by atoms with E-state index in [2.05, 4.69) is 4.98 Å². The van der Waals surface area contributed by atoms with Crippen molar-refractivity contribution in [3.63, 3.8) is 0 Å². The summed E-state index contributed by atoms with van der Waals surface area (Å²) in [6, 6.07) is 17.7. The standard InChI is InChI=1S/C21H21ClN2O3S/c1-2-14-28(25,26)24(16-17-4-3-13-23-15-17)19-7-11-21(12-8-19)27-20-9-5-18(22)6-10-20/h3-13,15H,2,14,16H2,1H3. The molecule has 0 aliphatic rings. The first-order valence-corrected chi connectivity index (χ1v) is 10.9. The highest BCUT2D eigenvalue weighted by Gasteiger charge is 2.22. The quantitative estimate of drug-likeness (QED) is 0.501. The molecule has 3 rings (SSSR count). The number of anilines is 1. The van der Waals surface area contributed by atoms with Crippen LogP contribution in [0.3, 0.4) is 0 Å². The monoisotopic (exact) mass is 416 g/mol. The molecule has 146 valence electrons. The lowest BCUT2D eigenvalue weighted by Crippen LogP contribution is -2.32. The van der Waals surface area contributed by atoms with E-state index in [1.54, 1.807) is 67.0 Å². The molecule has 0 atom stereocenters. The van der Waals surface area contributed by atoms with E-state index >= 15 is 0 Å². The first kappa shape index (κ1) is 20.2. The summed E-state index contributed by atoms with van der Waals surface area (Å²) in [5, 5.41) is 0.634. The van der Waals surface area contributed by atoms with Gasteiger partial charge in [0.05, 0.1) is 18.0 Å². The Hall–Kier alpha value is -2.57. The van der Waals surface area contributed by atoms with Crippen LogP contribution in [0, 0.1) is 0 Å². The number of sulfonamides is 1. The summed E-state index contributed by atoms with van der Waals surface area (Å²) < 4.78 is 32.8. The number of rotatable bonds is 8. The number of hydrogen-bond donors (Lipinski definition) is 0. The van der Waals surface area contributed by atoms with E-state index in [0.717, 1.165) is 5.56 Å². The van der Waals surface area contributed by atoms with Gasteiger partial charge in [-0.05, 0) is 66.6 Å². The minimum absolute atomic E-state index is 0.0797. The third-order valence-corrected chi connectivity index (χ3v) is 6.21. The van der Waals surface area contributed by atoms with Gasteiger partial charge in [0, 0.05) is 17.4 Å². The van der Waals surface area contributed by atoms with Gasteiger partial charge in [0.25, 0.3) is 0 Å². The summed E-state index contributed by atoms with van der Waals surface area (Å²) in [5.74, 6) is 1.35. The Kier molecular flexibility index (Phi) is 6.54. The van der Waals surface area contributed by atoms with Crippen LogP contribution in [0.15, 0.2) is 73.1 Å². The lowest BCUT2D eigenvalue weighted by Gasteiger charge is -2.24. The highest BCUT2D eigenvalue weighted by Crippen LogP contribution is 2.28. The second-order valence-corrected chi connectivity index (χ2v) is 8.68. The zero-order chi connectivity index (χ0) is 20.0. The van der Waals surface area contributed by atoms with Crippen molar-refractivity contribution in [1.82, 2.24) is 4.98 Å². The van der Waals surface area contributed by atoms with E-state index in [9.17, 15) is 8.42 Å². The van der Waals surface area contributed by atoms with Crippen LogP contribution in [0.4, 0.5) is 5.69 Å². The van der Waals surface area contributed by atoms with Crippen molar-refractivity contribution in [2.24, 2.45) is 0 Å². The van der Waals surface area contributed by atoms with Crippen LogP contribution in [-0.2, 0) is 16.6 Å². The third kappa shape index (κ3) is 5.24. The van der Waals surface area contributed by atoms with Gasteiger partial charge >= 0.3 is 0 Å². The van der Waals surface area contributed by atoms with Gasteiger partial charge in [0.1, 0.15) is 11.5 Å². The molecular weight excluding hydrogens is 396 g/mol. The molecule has 1 aromatic heterocycles. The predicted molar refractivity (Wildman–Crippen MR) is 112 cm³/mol. The lowest BCUT2D eigenvalue weighted by atomic mass is 10.2. The second kappa shape index (κ2) is 9.08. The van der Waals surface area contributed by atoms with Crippen LogP contribution in [0.5, 0.6) is 11.5 Å². The molecular formula is C21H21ClN2O3S. The van der Waals surface area contributed by atoms with Gasteiger partial charge < -0.3 is 4.74 Å². The van der Waals surface area contributed by atoms with Gasteiger partial charge in [0.2, 0.25) is 10.0 Å². The second-order valence-electron chi connectivity index (χ2n) is 6.23. The first-order chi connectivity index (χ1) is 13.5. The fourth-order valence-electron chi connectivity index (χ4n) is 2.70. The summed E-state index contributed by atoms with van der Waals surface area (Å²) in [6.45, 7) is 2.08. The smallest absolute Gasteiger partial charge is 0.235 e. The first-order valence-electron chi connectivity index (χ1n) is 8.91. The largest absolute Gasteiger partial charge is 0.457 e. The van der Waals surface area contributed by atoms with Crippen molar-refractivity contribution in [2.45, 2.75) is 19.9 Å². The van der Waals surface area contributed by atoms with E-state index < -0.39 is 10.0 Å². The molecule has 0 aliphatic heterocycles. The molecule has 0 amide bonds. The number of halogens is 1. The SMILES string of the molecule is CCCS(=O)(=O)N(Cc1cccnc1)c1ccc(Oc2ccc(Cl)cc2)cc1. The van der Waals surface area contributed by atoms with E-state index in [1.807, 2.05) is 13.0 Å². The molecule has 28 heavy (non-hydrogen) atoms. The van der Waals surface area contributed by atoms with E-state index in [0.29, 0.717) is 28.6 Å². The Labute approximate surface area is 170 Å². The fraction of sp³-hybridized carbons (Fsp3) is 0.190. The Bertz CT molecular complexity index is 992. The number of aromatic nitrogens is 1. The lowest BCUT2D eigenvalue weighted by molar-refractivity contribution is 0.482. The van der Waals surface area contributed by atoms with Crippen LogP contribution in [0.2, 0.25) is 5.02 Å². The normalized spacial score (nSPS) is 11.2. The van der Waals surface area contributed by atoms with Gasteiger partial charge in [-0.1, -0.05) is 24.6 Å². The molecule has 0 saturated heterocycles. The van der Waals surface area contributed by atoms with Crippen LogP contribution in [0.25, 0.3) is 0 Å². The van der Waals surface area contributed by atoms with E-state index in [-0.39, 0.29) is 12.3 Å². The van der Waals surface area contributed by atoms with Crippen molar-refractivity contribution in [3.8, 4) is 11.5 Å². The van der Waals surface area contributed by atoms with Crippen molar-refractivity contribution < 1.29 is 13.2 Å². The molecule has 0 unspecified atom stereocenters. The molecule has 1 heterocycles. The average molecular weight is 417 g/mol. The summed E-state index contributed by atoms with van der Waals surface area (Å²) in [4.78, 5) is 4.08. The molecule has 0 bridgehead atoms. The maximum atomic E-state index is 12.8. The number of hydrogen-bond acceptors (Lipinski definition) is 4. The average Bonchev–Trinajstić information content (AvgIpc) is 2.69. The predicted octanol–water partition coefficient (Wildman–Crippen LogP) is 5.27. The number of nitrogens with zero attached hydrogens (tertiary/aromatic N) is 2. The Morgan fingerprint density at radius 1 is 1.00 bits per heavy atom. The van der Waals surface area contributed by atoms with Crippen LogP contribution in [0.1, 0.15) is 18.9 Å². The molecule has 5 nitrogen and oxygen atoms in total. The van der Waals surface area contributed by atoms with Crippen molar-refractivity contribution in [1.29, 1.82) is 0 Å². The molecule has 0 saturated carbocycles. The topological polar surface area (TPSA) is 59.5 Å². The fourth-order valence-corrected chi connectivity index (χ4v) is 4.35. The van der Waals surface area contributed by atoms with Crippen LogP contribution >= 0.6 is 11.6 Å². The van der Waals surface area contributed by atoms with Gasteiger partial charge in [-0.15, -0.1) is 0 Å². The summed E-state index contributed by atoms with van der Waals surface area (Å²) in [5.41, 5.74) is 1.41. The van der Waals surface area contributed by atoms with Gasteiger partial charge in [-0.25, -0.2) is 8.42 Å². The number of benzene rings is 2. The minimum atomic E-state index is -3.45. The van der Waals surface area contributed by atoms with E-state index in [1.165, 1.54) is 4.31 Å². The molecule has 0 fully saturated rings. The van der Waals surface area contributed by atoms with Gasteiger partial charge in [-0.3, -0.25) is 9.29 Å². The maximum absolute atomic E-state index is 12.8. The van der Waals surface area contributed by atoms with Gasteiger partial charge in [0.15, 0.2) is 0 Å². The molecule has 2 aromatic carbocycles. The van der Waals surface area contributed by atoms with Crippen LogP contribution < -0.4 is 9.04 Å². The molecule has 0 spiro atoms. The molecule has 0 radical (unpaired) electrons. The zero-order valence-electron chi connectivity index (χ0n) is 15.5. The van der Waals surface area contributed by atoms with E-state index in [4.69, 9.17) is 16.3 Å². The van der Waals surface area contributed by atoms with Crippen LogP contribution in [-0.4, -0.2) is 19.2 Å². The van der Waals surface area contributed by atoms with Crippen molar-refractivity contribution in [2.75, 3.05) is 10.1 Å². The Morgan fingerprint density at radius 2 is 1.64 bits per heavy atom. The number of pyridine rings is 1. The zero-order valence-corrected chi connectivity index (χ0v) is 17.0. The van der Waals surface area contributed by atoms with Crippen molar-refractivity contribution >= 4 is 27.3 Å². The highest BCUT2D eigenvalue weighted by molar-refractivity contribution is 7.92. The van der Waals surface area contributed by atoms with Gasteiger partial charge in [-0.2, -0.15) is 0 Å². The Balaban J connectivity index is 1.84. The summed E-state index contributed by atoms with van der Waals surface area (Å²) in [7, 11) is -3.45. The minimum Gasteiger partial charge on any atom is -0.457 e. The number of ether oxygens (including phenoxy) is 1. The summed E-state index contributed by atoms with van der Waals surface area (Å²) >= 11 is 5.88. The Morgan fingerprint density at radius 3 is 2.21 bits per heavy atom. The summed E-state index contributed by atoms with van der Waals surface area (Å²) in [6.07, 6.45) is 3.88. The third-order valence-electron chi connectivity index (χ3n) is 4.02. The molecule has 0 aliphatic carbocycles. The maximum Gasteiger partial charge on any atom is 0.235 e. The van der Waals surface area contributed by atoms with Crippen molar-refractivity contribution in [3.05, 3.63) is 83.6 Å². The molecule has 0 N–H and O–H groups in total. The molecule has 3 aromatic rings. The highest BCUT2D eigenvalue weighted by atomic mass is 35.5. The molecule has 7 heteroatoms.